The standard InChI is InChI=1S/C18H19N7O2/c1-9(2)14(15-22-12-5-4-10(3)6-13(12)23-15)24-16(26)11-7-19-18-20-8-21-25(18)17(11)27/h4-9,14H,1-3H3,(H,22,23)(H,24,26)(H,19,20,21)/t14-/m1/s1. The molecular weight excluding hydrogens is 346 g/mol. The van der Waals surface area contributed by atoms with Crippen molar-refractivity contribution in [3.05, 3.63) is 58.0 Å². The number of aryl methyl sites for hydroxylation is 1. The van der Waals surface area contributed by atoms with E-state index in [1.54, 1.807) is 0 Å². The number of carbonyl (C=O) groups excluding carboxylic acids is 1. The Hall–Kier alpha value is -3.49. The molecule has 9 heteroatoms. The van der Waals surface area contributed by atoms with Gasteiger partial charge in [0.2, 0.25) is 0 Å². The normalized spacial score (nSPS) is 12.7. The molecule has 138 valence electrons. The second-order valence-electron chi connectivity index (χ2n) is 6.84. The quantitative estimate of drug-likeness (QED) is 0.508. The van der Waals surface area contributed by atoms with Gasteiger partial charge in [-0.1, -0.05) is 19.9 Å². The molecule has 1 aromatic carbocycles. The van der Waals surface area contributed by atoms with Crippen LogP contribution in [0.4, 0.5) is 0 Å². The van der Waals surface area contributed by atoms with E-state index in [-0.39, 0.29) is 23.3 Å². The van der Waals surface area contributed by atoms with E-state index < -0.39 is 11.5 Å². The first-order valence-electron chi connectivity index (χ1n) is 8.62. The van der Waals surface area contributed by atoms with E-state index in [2.05, 4.69) is 30.4 Å². The van der Waals surface area contributed by atoms with E-state index in [1.165, 1.54) is 12.5 Å². The predicted molar refractivity (Wildman–Crippen MR) is 99.5 cm³/mol. The third-order valence-corrected chi connectivity index (χ3v) is 4.46. The lowest BCUT2D eigenvalue weighted by atomic mass is 10.0. The van der Waals surface area contributed by atoms with E-state index in [1.807, 2.05) is 39.0 Å². The Bertz CT molecular complexity index is 1200. The Morgan fingerprint density at radius 2 is 2.07 bits per heavy atom. The number of amides is 1. The maximum atomic E-state index is 12.7. The molecule has 0 saturated carbocycles. The van der Waals surface area contributed by atoms with Crippen molar-refractivity contribution in [1.82, 2.24) is 34.9 Å². The average molecular weight is 365 g/mol. The van der Waals surface area contributed by atoms with Crippen LogP contribution >= 0.6 is 0 Å². The van der Waals surface area contributed by atoms with E-state index in [9.17, 15) is 9.59 Å². The van der Waals surface area contributed by atoms with Gasteiger partial charge in [0.15, 0.2) is 0 Å². The Labute approximate surface area is 153 Å². The number of aromatic nitrogens is 6. The molecule has 27 heavy (non-hydrogen) atoms. The summed E-state index contributed by atoms with van der Waals surface area (Å²) in [4.78, 5) is 41.0. The van der Waals surface area contributed by atoms with Gasteiger partial charge < -0.3 is 10.3 Å². The minimum absolute atomic E-state index is 0.0576. The summed E-state index contributed by atoms with van der Waals surface area (Å²) in [6.45, 7) is 5.97. The minimum Gasteiger partial charge on any atom is -0.342 e. The molecule has 0 fully saturated rings. The smallest absolute Gasteiger partial charge is 0.286 e. The van der Waals surface area contributed by atoms with Gasteiger partial charge in [-0.25, -0.2) is 15.0 Å². The number of H-pyrrole nitrogens is 2. The summed E-state index contributed by atoms with van der Waals surface area (Å²) >= 11 is 0. The number of nitrogens with zero attached hydrogens (tertiary/aromatic N) is 4. The monoisotopic (exact) mass is 365 g/mol. The molecule has 0 bridgehead atoms. The van der Waals surface area contributed by atoms with Crippen LogP contribution in [-0.4, -0.2) is 35.5 Å². The highest BCUT2D eigenvalue weighted by Gasteiger charge is 2.24. The molecule has 0 aliphatic heterocycles. The fraction of sp³-hybridized carbons (Fsp3) is 0.278. The van der Waals surface area contributed by atoms with Crippen molar-refractivity contribution in [3.8, 4) is 0 Å². The van der Waals surface area contributed by atoms with Crippen LogP contribution in [0.2, 0.25) is 0 Å². The number of aromatic amines is 2. The molecule has 1 atom stereocenters. The number of imidazole rings is 1. The predicted octanol–water partition coefficient (Wildman–Crippen LogP) is 1.73. The lowest BCUT2D eigenvalue weighted by Crippen LogP contribution is -2.36. The van der Waals surface area contributed by atoms with Crippen molar-refractivity contribution < 1.29 is 4.79 Å². The summed E-state index contributed by atoms with van der Waals surface area (Å²) in [5.41, 5.74) is 2.29. The topological polar surface area (TPSA) is 121 Å². The zero-order chi connectivity index (χ0) is 19.1. The molecule has 0 saturated heterocycles. The first-order chi connectivity index (χ1) is 12.9. The van der Waals surface area contributed by atoms with Crippen molar-refractivity contribution in [2.75, 3.05) is 0 Å². The van der Waals surface area contributed by atoms with Crippen LogP contribution < -0.4 is 10.9 Å². The summed E-state index contributed by atoms with van der Waals surface area (Å²) in [5, 5.41) is 5.55. The first kappa shape index (κ1) is 17.0. The summed E-state index contributed by atoms with van der Waals surface area (Å²) in [6, 6.07) is 5.55. The highest BCUT2D eigenvalue weighted by molar-refractivity contribution is 5.94. The molecule has 4 aromatic rings. The molecule has 0 spiro atoms. The van der Waals surface area contributed by atoms with Gasteiger partial charge in [0.05, 0.1) is 17.1 Å². The van der Waals surface area contributed by atoms with E-state index >= 15 is 0 Å². The lowest BCUT2D eigenvalue weighted by molar-refractivity contribution is 0.0921. The van der Waals surface area contributed by atoms with E-state index in [0.717, 1.165) is 21.1 Å². The molecule has 1 amide bonds. The second-order valence-corrected chi connectivity index (χ2v) is 6.84. The molecule has 4 rings (SSSR count). The average Bonchev–Trinajstić information content (AvgIpc) is 3.25. The van der Waals surface area contributed by atoms with Crippen LogP contribution in [0.1, 0.15) is 41.6 Å². The first-order valence-corrected chi connectivity index (χ1v) is 8.62. The molecule has 3 heterocycles. The maximum absolute atomic E-state index is 12.7. The highest BCUT2D eigenvalue weighted by Crippen LogP contribution is 2.23. The minimum atomic E-state index is -0.508. The van der Waals surface area contributed by atoms with Crippen LogP contribution in [0.3, 0.4) is 0 Å². The number of benzene rings is 1. The molecule has 0 aliphatic rings. The molecule has 0 aliphatic carbocycles. The Kier molecular flexibility index (Phi) is 3.98. The maximum Gasteiger partial charge on any atom is 0.286 e. The number of nitrogens with one attached hydrogen (secondary N) is 3. The van der Waals surface area contributed by atoms with Crippen LogP contribution in [0.5, 0.6) is 0 Å². The molecular formula is C18H19N7O2. The van der Waals surface area contributed by atoms with Crippen molar-refractivity contribution >= 4 is 22.7 Å². The summed E-state index contributed by atoms with van der Waals surface area (Å²) in [7, 11) is 0. The second kappa shape index (κ2) is 6.35. The fourth-order valence-electron chi connectivity index (χ4n) is 3.01. The zero-order valence-electron chi connectivity index (χ0n) is 15.1. The highest BCUT2D eigenvalue weighted by atomic mass is 16.2. The Balaban J connectivity index is 1.68. The Morgan fingerprint density at radius 3 is 2.85 bits per heavy atom. The van der Waals surface area contributed by atoms with Gasteiger partial charge in [0.1, 0.15) is 17.7 Å². The third-order valence-electron chi connectivity index (χ3n) is 4.46. The van der Waals surface area contributed by atoms with Crippen LogP contribution in [-0.2, 0) is 0 Å². The van der Waals surface area contributed by atoms with Crippen molar-refractivity contribution in [1.29, 1.82) is 0 Å². The SMILES string of the molecule is Cc1ccc2nc([C@H](NC(=O)c3cnc4nc[nH]n4c3=O)C(C)C)[nH]c2c1. The molecule has 9 nitrogen and oxygen atoms in total. The van der Waals surface area contributed by atoms with Gasteiger partial charge in [-0.2, -0.15) is 4.52 Å². The van der Waals surface area contributed by atoms with E-state index in [4.69, 9.17) is 0 Å². The summed E-state index contributed by atoms with van der Waals surface area (Å²) in [5.74, 6) is 0.410. The molecule has 3 aromatic heterocycles. The lowest BCUT2D eigenvalue weighted by Gasteiger charge is -2.20. The molecule has 3 N–H and O–H groups in total. The third kappa shape index (κ3) is 2.97. The van der Waals surface area contributed by atoms with Gasteiger partial charge in [-0.3, -0.25) is 14.7 Å². The van der Waals surface area contributed by atoms with Gasteiger partial charge in [0, 0.05) is 6.20 Å². The number of rotatable bonds is 4. The van der Waals surface area contributed by atoms with Gasteiger partial charge in [0.25, 0.3) is 17.2 Å². The number of fused-ring (bicyclic) bond motifs is 2. The fourth-order valence-corrected chi connectivity index (χ4v) is 3.01. The van der Waals surface area contributed by atoms with Crippen molar-refractivity contribution in [2.45, 2.75) is 26.8 Å². The summed E-state index contributed by atoms with van der Waals surface area (Å²) in [6.07, 6.45) is 2.59. The number of carbonyl (C=O) groups is 1. The van der Waals surface area contributed by atoms with Crippen LogP contribution in [0.15, 0.2) is 35.5 Å². The van der Waals surface area contributed by atoms with Crippen LogP contribution in [0, 0.1) is 12.8 Å². The van der Waals surface area contributed by atoms with Crippen molar-refractivity contribution in [2.24, 2.45) is 5.92 Å². The van der Waals surface area contributed by atoms with E-state index in [0.29, 0.717) is 5.82 Å². The van der Waals surface area contributed by atoms with Gasteiger partial charge in [-0.05, 0) is 30.5 Å². The summed E-state index contributed by atoms with van der Waals surface area (Å²) < 4.78 is 1.13. The van der Waals surface area contributed by atoms with Gasteiger partial charge in [-0.15, -0.1) is 0 Å². The van der Waals surface area contributed by atoms with Crippen LogP contribution in [0.25, 0.3) is 16.8 Å². The van der Waals surface area contributed by atoms with Crippen molar-refractivity contribution in [3.63, 3.8) is 0 Å². The zero-order valence-corrected chi connectivity index (χ0v) is 15.1. The molecule has 0 radical (unpaired) electrons. The Morgan fingerprint density at radius 1 is 1.26 bits per heavy atom. The number of hydrogen-bond donors (Lipinski definition) is 3. The molecule has 0 unspecified atom stereocenters. The number of hydrogen-bond acceptors (Lipinski definition) is 5. The van der Waals surface area contributed by atoms with Gasteiger partial charge >= 0.3 is 0 Å². The largest absolute Gasteiger partial charge is 0.342 e.